The fourth-order valence-electron chi connectivity index (χ4n) is 3.99. The summed E-state index contributed by atoms with van der Waals surface area (Å²) >= 11 is 0. The second-order valence-electron chi connectivity index (χ2n) is 8.23. The Morgan fingerprint density at radius 3 is 2.68 bits per heavy atom. The average Bonchev–Trinajstić information content (AvgIpc) is 3.36. The number of ether oxygens (including phenoxy) is 1. The smallest absolute Gasteiger partial charge is 0.248 e. The van der Waals surface area contributed by atoms with Gasteiger partial charge in [-0.2, -0.15) is 0 Å². The van der Waals surface area contributed by atoms with Crippen LogP contribution in [0.1, 0.15) is 25.7 Å². The molecule has 1 saturated carbocycles. The van der Waals surface area contributed by atoms with E-state index in [0.29, 0.717) is 19.0 Å². The molecule has 154 valence electrons. The highest BCUT2D eigenvalue weighted by molar-refractivity contribution is 5.78. The molecule has 1 unspecified atom stereocenters. The Morgan fingerprint density at radius 2 is 1.96 bits per heavy atom. The number of nitrogens with one attached hydrogen (secondary N) is 1. The molecule has 28 heavy (non-hydrogen) atoms. The third-order valence-corrected chi connectivity index (χ3v) is 5.84. The molecule has 2 aliphatic heterocycles. The maximum atomic E-state index is 12.3. The number of nitrogens with zero attached hydrogens (tertiary/aromatic N) is 6. The van der Waals surface area contributed by atoms with Gasteiger partial charge in [0.2, 0.25) is 11.8 Å². The monoisotopic (exact) mass is 391 g/mol. The number of morpholine rings is 1. The number of carbonyl (C=O) groups is 2. The van der Waals surface area contributed by atoms with E-state index in [9.17, 15) is 9.59 Å². The van der Waals surface area contributed by atoms with Crippen LogP contribution >= 0.6 is 0 Å². The van der Waals surface area contributed by atoms with E-state index < -0.39 is 0 Å². The van der Waals surface area contributed by atoms with Crippen LogP contribution < -0.4 is 5.32 Å². The van der Waals surface area contributed by atoms with Gasteiger partial charge >= 0.3 is 0 Å². The SMILES string of the molecule is O=C(Cn1cnnn1)NCC1CN(CC2CCN(CC3CC3)CC2)C(=O)CO1. The molecule has 0 radical (unpaired) electrons. The van der Waals surface area contributed by atoms with Gasteiger partial charge in [-0.25, -0.2) is 4.68 Å². The number of hydrogen-bond acceptors (Lipinski definition) is 7. The van der Waals surface area contributed by atoms with Gasteiger partial charge in [-0.15, -0.1) is 5.10 Å². The summed E-state index contributed by atoms with van der Waals surface area (Å²) in [7, 11) is 0. The van der Waals surface area contributed by atoms with Gasteiger partial charge in [0.1, 0.15) is 19.5 Å². The minimum absolute atomic E-state index is 0.0525. The van der Waals surface area contributed by atoms with Gasteiger partial charge in [-0.05, 0) is 61.0 Å². The van der Waals surface area contributed by atoms with Crippen molar-refractivity contribution in [2.24, 2.45) is 11.8 Å². The van der Waals surface area contributed by atoms with E-state index in [1.807, 2.05) is 4.90 Å². The molecule has 10 nitrogen and oxygen atoms in total. The molecule has 1 atom stereocenters. The zero-order valence-electron chi connectivity index (χ0n) is 16.2. The summed E-state index contributed by atoms with van der Waals surface area (Å²) in [6.07, 6.45) is 6.33. The minimum Gasteiger partial charge on any atom is -0.365 e. The maximum absolute atomic E-state index is 12.3. The van der Waals surface area contributed by atoms with Crippen molar-refractivity contribution in [1.82, 2.24) is 35.3 Å². The predicted molar refractivity (Wildman–Crippen MR) is 99.0 cm³/mol. The Bertz CT molecular complexity index is 656. The van der Waals surface area contributed by atoms with E-state index in [4.69, 9.17) is 4.74 Å². The Labute approximate surface area is 164 Å². The molecule has 10 heteroatoms. The normalized spacial score (nSPS) is 24.5. The van der Waals surface area contributed by atoms with Crippen LogP contribution in [0.15, 0.2) is 6.33 Å². The van der Waals surface area contributed by atoms with E-state index >= 15 is 0 Å². The van der Waals surface area contributed by atoms with Crippen molar-refractivity contribution in [2.45, 2.75) is 38.3 Å². The van der Waals surface area contributed by atoms with Crippen LogP contribution in [0, 0.1) is 11.8 Å². The second-order valence-corrected chi connectivity index (χ2v) is 8.23. The van der Waals surface area contributed by atoms with E-state index in [0.717, 1.165) is 38.4 Å². The van der Waals surface area contributed by atoms with E-state index in [1.165, 1.54) is 30.4 Å². The lowest BCUT2D eigenvalue weighted by Crippen LogP contribution is -2.52. The van der Waals surface area contributed by atoms with E-state index in [-0.39, 0.29) is 31.1 Å². The number of amides is 2. The molecule has 2 saturated heterocycles. The first-order valence-corrected chi connectivity index (χ1v) is 10.2. The largest absolute Gasteiger partial charge is 0.365 e. The highest BCUT2D eigenvalue weighted by atomic mass is 16.5. The standard InChI is InChI=1S/C18H29N7O3/c26-17(11-25-13-20-21-22-25)19-7-16-10-24(18(27)12-28-16)9-15-3-5-23(6-4-15)8-14-1-2-14/h13-16H,1-12H2,(H,19,26). The van der Waals surface area contributed by atoms with Crippen LogP contribution in [0.5, 0.6) is 0 Å². The van der Waals surface area contributed by atoms with Crippen LogP contribution in [-0.2, 0) is 20.9 Å². The van der Waals surface area contributed by atoms with E-state index in [2.05, 4.69) is 25.7 Å². The Kier molecular flexibility index (Phi) is 6.16. The van der Waals surface area contributed by atoms with Gasteiger partial charge in [0, 0.05) is 26.2 Å². The molecule has 1 N–H and O–H groups in total. The van der Waals surface area contributed by atoms with Gasteiger partial charge in [0.25, 0.3) is 0 Å². The summed E-state index contributed by atoms with van der Waals surface area (Å²) < 4.78 is 6.97. The van der Waals surface area contributed by atoms with Crippen LogP contribution in [0.25, 0.3) is 0 Å². The van der Waals surface area contributed by atoms with Crippen LogP contribution in [0.3, 0.4) is 0 Å². The molecular formula is C18H29N7O3. The average molecular weight is 391 g/mol. The fourth-order valence-corrected chi connectivity index (χ4v) is 3.99. The molecule has 2 amide bonds. The summed E-state index contributed by atoms with van der Waals surface area (Å²) in [4.78, 5) is 28.7. The molecule has 4 rings (SSSR count). The Morgan fingerprint density at radius 1 is 1.18 bits per heavy atom. The summed E-state index contributed by atoms with van der Waals surface area (Å²) in [5.41, 5.74) is 0. The first kappa shape index (κ1) is 19.3. The highest BCUT2D eigenvalue weighted by Crippen LogP contribution is 2.31. The van der Waals surface area contributed by atoms with Crippen molar-refractivity contribution in [3.05, 3.63) is 6.33 Å². The molecule has 0 spiro atoms. The van der Waals surface area contributed by atoms with Crippen LogP contribution in [-0.4, -0.2) is 93.8 Å². The third-order valence-electron chi connectivity index (χ3n) is 5.84. The van der Waals surface area contributed by atoms with Gasteiger partial charge in [0.05, 0.1) is 6.10 Å². The second kappa shape index (κ2) is 8.95. The van der Waals surface area contributed by atoms with Crippen molar-refractivity contribution in [2.75, 3.05) is 45.9 Å². The lowest BCUT2D eigenvalue weighted by atomic mass is 9.95. The molecule has 1 aromatic rings. The number of piperidine rings is 1. The summed E-state index contributed by atoms with van der Waals surface area (Å²) in [5, 5.41) is 13.5. The maximum Gasteiger partial charge on any atom is 0.248 e. The molecule has 1 aliphatic carbocycles. The number of aromatic nitrogens is 4. The molecule has 0 bridgehead atoms. The number of rotatable bonds is 8. The summed E-state index contributed by atoms with van der Waals surface area (Å²) in [6, 6.07) is 0. The molecule has 3 fully saturated rings. The number of likely N-dealkylation sites (tertiary alicyclic amines) is 1. The fraction of sp³-hybridized carbons (Fsp3) is 0.833. The molecule has 0 aromatic carbocycles. The quantitative estimate of drug-likeness (QED) is 0.615. The highest BCUT2D eigenvalue weighted by Gasteiger charge is 2.31. The lowest BCUT2D eigenvalue weighted by molar-refractivity contribution is -0.150. The first-order valence-electron chi connectivity index (χ1n) is 10.2. The van der Waals surface area contributed by atoms with Crippen molar-refractivity contribution >= 4 is 11.8 Å². The molecule has 3 heterocycles. The molecule has 1 aromatic heterocycles. The lowest BCUT2D eigenvalue weighted by Gasteiger charge is -2.38. The van der Waals surface area contributed by atoms with Gasteiger partial charge in [-0.3, -0.25) is 9.59 Å². The Hall–Kier alpha value is -2.07. The topological polar surface area (TPSA) is 105 Å². The van der Waals surface area contributed by atoms with Crippen molar-refractivity contribution in [3.63, 3.8) is 0 Å². The third kappa shape index (κ3) is 5.48. The Balaban J connectivity index is 1.18. The van der Waals surface area contributed by atoms with Gasteiger partial charge < -0.3 is 19.9 Å². The van der Waals surface area contributed by atoms with E-state index in [1.54, 1.807) is 0 Å². The number of hydrogen-bond donors (Lipinski definition) is 1. The van der Waals surface area contributed by atoms with Crippen LogP contribution in [0.2, 0.25) is 0 Å². The van der Waals surface area contributed by atoms with Crippen molar-refractivity contribution in [1.29, 1.82) is 0 Å². The first-order chi connectivity index (χ1) is 13.7. The molecular weight excluding hydrogens is 362 g/mol. The number of tetrazole rings is 1. The minimum atomic E-state index is -0.178. The van der Waals surface area contributed by atoms with Gasteiger partial charge in [-0.1, -0.05) is 0 Å². The summed E-state index contributed by atoms with van der Waals surface area (Å²) in [6.45, 7) is 5.43. The van der Waals surface area contributed by atoms with Gasteiger partial charge in [0.15, 0.2) is 0 Å². The number of carbonyl (C=O) groups excluding carboxylic acids is 2. The van der Waals surface area contributed by atoms with Crippen LogP contribution in [0.4, 0.5) is 0 Å². The zero-order valence-corrected chi connectivity index (χ0v) is 16.2. The van der Waals surface area contributed by atoms with Crippen molar-refractivity contribution in [3.8, 4) is 0 Å². The van der Waals surface area contributed by atoms with Crippen molar-refractivity contribution < 1.29 is 14.3 Å². The molecule has 3 aliphatic rings. The zero-order chi connectivity index (χ0) is 19.3. The predicted octanol–water partition coefficient (Wildman–Crippen LogP) is -0.861. The summed E-state index contributed by atoms with van der Waals surface area (Å²) in [5.74, 6) is 1.38.